The molecule has 1 saturated heterocycles. The molecule has 1 atom stereocenters. The van der Waals surface area contributed by atoms with E-state index in [-0.39, 0.29) is 10.8 Å². The van der Waals surface area contributed by atoms with E-state index in [0.29, 0.717) is 18.5 Å². The molecule has 0 aromatic heterocycles. The SMILES string of the molecule is Cc1ccccc1S(=O)(=O)NC1CCN(c2ccccc2)C1=O. The quantitative estimate of drug-likeness (QED) is 0.933. The summed E-state index contributed by atoms with van der Waals surface area (Å²) in [6.45, 7) is 2.24. The van der Waals surface area contributed by atoms with Gasteiger partial charge in [0.25, 0.3) is 0 Å². The molecule has 2 aromatic rings. The summed E-state index contributed by atoms with van der Waals surface area (Å²) in [5.74, 6) is -0.214. The minimum Gasteiger partial charge on any atom is -0.311 e. The van der Waals surface area contributed by atoms with Crippen LogP contribution in [-0.4, -0.2) is 26.9 Å². The van der Waals surface area contributed by atoms with Crippen LogP contribution in [0.2, 0.25) is 0 Å². The van der Waals surface area contributed by atoms with E-state index in [2.05, 4.69) is 4.72 Å². The highest BCUT2D eigenvalue weighted by atomic mass is 32.2. The number of nitrogens with one attached hydrogen (secondary N) is 1. The first kappa shape index (κ1) is 15.7. The zero-order chi connectivity index (χ0) is 16.4. The molecule has 120 valence electrons. The van der Waals surface area contributed by atoms with E-state index < -0.39 is 16.1 Å². The minimum atomic E-state index is -3.71. The smallest absolute Gasteiger partial charge is 0.245 e. The zero-order valence-corrected chi connectivity index (χ0v) is 13.6. The minimum absolute atomic E-state index is 0.214. The third-order valence-electron chi connectivity index (χ3n) is 3.95. The van der Waals surface area contributed by atoms with Crippen molar-refractivity contribution >= 4 is 21.6 Å². The van der Waals surface area contributed by atoms with Gasteiger partial charge in [0, 0.05) is 12.2 Å². The molecule has 2 aromatic carbocycles. The Morgan fingerprint density at radius 3 is 2.39 bits per heavy atom. The number of hydrogen-bond acceptors (Lipinski definition) is 3. The van der Waals surface area contributed by atoms with Gasteiger partial charge >= 0.3 is 0 Å². The average molecular weight is 330 g/mol. The fourth-order valence-corrected chi connectivity index (χ4v) is 4.23. The summed E-state index contributed by atoms with van der Waals surface area (Å²) in [5, 5.41) is 0. The number of rotatable bonds is 4. The van der Waals surface area contributed by atoms with Gasteiger partial charge in [0.15, 0.2) is 0 Å². The second-order valence-electron chi connectivity index (χ2n) is 5.55. The lowest BCUT2D eigenvalue weighted by Crippen LogP contribution is -2.41. The molecule has 0 spiro atoms. The number of aryl methyl sites for hydroxylation is 1. The van der Waals surface area contributed by atoms with Crippen molar-refractivity contribution in [1.82, 2.24) is 4.72 Å². The molecule has 0 saturated carbocycles. The van der Waals surface area contributed by atoms with Crippen LogP contribution in [0.1, 0.15) is 12.0 Å². The van der Waals surface area contributed by atoms with Crippen LogP contribution in [0.25, 0.3) is 0 Å². The Morgan fingerprint density at radius 1 is 1.04 bits per heavy atom. The van der Waals surface area contributed by atoms with E-state index in [0.717, 1.165) is 5.69 Å². The molecular weight excluding hydrogens is 312 g/mol. The second kappa shape index (κ2) is 6.14. The molecule has 1 heterocycles. The molecule has 5 nitrogen and oxygen atoms in total. The van der Waals surface area contributed by atoms with Gasteiger partial charge in [-0.3, -0.25) is 4.79 Å². The number of amides is 1. The molecule has 0 aliphatic carbocycles. The van der Waals surface area contributed by atoms with Crippen LogP contribution in [0.4, 0.5) is 5.69 Å². The van der Waals surface area contributed by atoms with Crippen molar-refractivity contribution in [3.8, 4) is 0 Å². The van der Waals surface area contributed by atoms with Crippen LogP contribution in [0.15, 0.2) is 59.5 Å². The molecule has 0 bridgehead atoms. The number of carbonyl (C=O) groups excluding carboxylic acids is 1. The summed E-state index contributed by atoms with van der Waals surface area (Å²) in [6, 6.07) is 15.3. The van der Waals surface area contributed by atoms with E-state index in [4.69, 9.17) is 0 Å². The summed E-state index contributed by atoms with van der Waals surface area (Å²) in [4.78, 5) is 14.3. The third-order valence-corrected chi connectivity index (χ3v) is 5.59. The number of para-hydroxylation sites is 1. The molecule has 3 rings (SSSR count). The molecule has 1 unspecified atom stereocenters. The molecule has 23 heavy (non-hydrogen) atoms. The van der Waals surface area contributed by atoms with Crippen molar-refractivity contribution in [2.75, 3.05) is 11.4 Å². The van der Waals surface area contributed by atoms with Crippen molar-refractivity contribution < 1.29 is 13.2 Å². The summed E-state index contributed by atoms with van der Waals surface area (Å²) in [7, 11) is -3.71. The number of carbonyl (C=O) groups is 1. The van der Waals surface area contributed by atoms with Crippen molar-refractivity contribution in [1.29, 1.82) is 0 Å². The van der Waals surface area contributed by atoms with Gasteiger partial charge in [-0.05, 0) is 37.1 Å². The van der Waals surface area contributed by atoms with Crippen molar-refractivity contribution in [2.45, 2.75) is 24.3 Å². The van der Waals surface area contributed by atoms with E-state index >= 15 is 0 Å². The third kappa shape index (κ3) is 3.13. The first-order valence-corrected chi connectivity index (χ1v) is 8.92. The molecule has 1 aliphatic rings. The van der Waals surface area contributed by atoms with Crippen molar-refractivity contribution in [3.05, 3.63) is 60.2 Å². The lowest BCUT2D eigenvalue weighted by molar-refractivity contribution is -0.118. The van der Waals surface area contributed by atoms with Crippen molar-refractivity contribution in [3.63, 3.8) is 0 Å². The van der Waals surface area contributed by atoms with Crippen LogP contribution >= 0.6 is 0 Å². The lowest BCUT2D eigenvalue weighted by Gasteiger charge is -2.17. The Hall–Kier alpha value is -2.18. The van der Waals surface area contributed by atoms with Gasteiger partial charge in [-0.25, -0.2) is 8.42 Å². The number of hydrogen-bond donors (Lipinski definition) is 1. The molecule has 0 radical (unpaired) electrons. The van der Waals surface area contributed by atoms with Gasteiger partial charge in [-0.15, -0.1) is 0 Å². The van der Waals surface area contributed by atoms with Gasteiger partial charge in [0.2, 0.25) is 15.9 Å². The number of anilines is 1. The van der Waals surface area contributed by atoms with Crippen LogP contribution in [0, 0.1) is 6.92 Å². The topological polar surface area (TPSA) is 66.5 Å². The van der Waals surface area contributed by atoms with Crippen LogP contribution < -0.4 is 9.62 Å². The highest BCUT2D eigenvalue weighted by molar-refractivity contribution is 7.89. The Bertz CT molecular complexity index is 819. The summed E-state index contributed by atoms with van der Waals surface area (Å²) >= 11 is 0. The van der Waals surface area contributed by atoms with Gasteiger partial charge in [-0.2, -0.15) is 4.72 Å². The molecular formula is C17H18N2O3S. The Labute approximate surface area is 136 Å². The fourth-order valence-electron chi connectivity index (χ4n) is 2.76. The van der Waals surface area contributed by atoms with Crippen molar-refractivity contribution in [2.24, 2.45) is 0 Å². The van der Waals surface area contributed by atoms with Gasteiger partial charge in [-0.1, -0.05) is 36.4 Å². The number of sulfonamides is 1. The first-order valence-electron chi connectivity index (χ1n) is 7.43. The highest BCUT2D eigenvalue weighted by Crippen LogP contribution is 2.23. The van der Waals surface area contributed by atoms with Crippen LogP contribution in [0.3, 0.4) is 0 Å². The number of benzene rings is 2. The summed E-state index contributed by atoms with van der Waals surface area (Å²) in [6.07, 6.45) is 0.457. The fraction of sp³-hybridized carbons (Fsp3) is 0.235. The maximum atomic E-state index is 12.5. The summed E-state index contributed by atoms with van der Waals surface area (Å²) < 4.78 is 27.6. The van der Waals surface area contributed by atoms with E-state index in [1.165, 1.54) is 0 Å². The zero-order valence-electron chi connectivity index (χ0n) is 12.8. The maximum absolute atomic E-state index is 12.5. The average Bonchev–Trinajstić information content (AvgIpc) is 2.89. The maximum Gasteiger partial charge on any atom is 0.245 e. The first-order chi connectivity index (χ1) is 11.0. The summed E-state index contributed by atoms with van der Waals surface area (Å²) in [5.41, 5.74) is 1.44. The molecule has 1 amide bonds. The lowest BCUT2D eigenvalue weighted by atomic mass is 10.2. The molecule has 1 aliphatic heterocycles. The predicted octanol–water partition coefficient (Wildman–Crippen LogP) is 2.08. The number of nitrogens with zero attached hydrogens (tertiary/aromatic N) is 1. The Balaban J connectivity index is 1.79. The van der Waals surface area contributed by atoms with Crippen LogP contribution in [-0.2, 0) is 14.8 Å². The Kier molecular flexibility index (Phi) is 4.19. The monoisotopic (exact) mass is 330 g/mol. The largest absolute Gasteiger partial charge is 0.311 e. The van der Waals surface area contributed by atoms with Crippen LogP contribution in [0.5, 0.6) is 0 Å². The Morgan fingerprint density at radius 2 is 1.70 bits per heavy atom. The second-order valence-corrected chi connectivity index (χ2v) is 7.24. The molecule has 6 heteroatoms. The molecule has 1 N–H and O–H groups in total. The normalized spacial score (nSPS) is 18.4. The predicted molar refractivity (Wildman–Crippen MR) is 88.7 cm³/mol. The van der Waals surface area contributed by atoms with Gasteiger partial charge < -0.3 is 4.90 Å². The van der Waals surface area contributed by atoms with E-state index in [1.54, 1.807) is 36.1 Å². The van der Waals surface area contributed by atoms with E-state index in [1.807, 2.05) is 30.3 Å². The van der Waals surface area contributed by atoms with E-state index in [9.17, 15) is 13.2 Å². The van der Waals surface area contributed by atoms with Gasteiger partial charge in [0.05, 0.1) is 4.90 Å². The van der Waals surface area contributed by atoms with Gasteiger partial charge in [0.1, 0.15) is 6.04 Å². The standard InChI is InChI=1S/C17H18N2O3S/c1-13-7-5-6-10-16(13)23(21,22)18-15-11-12-19(17(15)20)14-8-3-2-4-9-14/h2-10,15,18H,11-12H2,1H3. The highest BCUT2D eigenvalue weighted by Gasteiger charge is 2.35. The molecule has 1 fully saturated rings.